The molecule has 0 radical (unpaired) electrons. The second kappa shape index (κ2) is 11.0. The van der Waals surface area contributed by atoms with Crippen LogP contribution in [0.4, 0.5) is 5.69 Å². The second-order valence-corrected chi connectivity index (χ2v) is 9.14. The Morgan fingerprint density at radius 3 is 2.39 bits per heavy atom. The average Bonchev–Trinajstić information content (AvgIpc) is 3.30. The molecular weight excluding hydrogens is 452 g/mol. The molecule has 0 spiro atoms. The summed E-state index contributed by atoms with van der Waals surface area (Å²) < 4.78 is 32.2. The highest BCUT2D eigenvalue weighted by molar-refractivity contribution is 7.89. The number of nitrogens with zero attached hydrogens (tertiary/aromatic N) is 2. The summed E-state index contributed by atoms with van der Waals surface area (Å²) in [6, 6.07) is 14.2. The van der Waals surface area contributed by atoms with E-state index in [1.807, 2.05) is 30.3 Å². The summed E-state index contributed by atoms with van der Waals surface area (Å²) in [6.07, 6.45) is 0.421. The predicted molar refractivity (Wildman–Crippen MR) is 118 cm³/mol. The van der Waals surface area contributed by atoms with E-state index in [1.54, 1.807) is 0 Å². The van der Waals surface area contributed by atoms with Gasteiger partial charge in [0, 0.05) is 25.2 Å². The number of hydrogen-bond acceptors (Lipinski definition) is 7. The molecule has 12 heteroatoms. The zero-order valence-electron chi connectivity index (χ0n) is 17.7. The quantitative estimate of drug-likeness (QED) is 0.235. The molecule has 1 fully saturated rings. The first kappa shape index (κ1) is 24.3. The molecule has 0 aromatic heterocycles. The molecule has 2 N–H and O–H groups in total. The van der Waals surface area contributed by atoms with Crippen molar-refractivity contribution in [3.05, 3.63) is 70.3 Å². The molecule has 1 heterocycles. The number of nitrogens with one attached hydrogen (secondary N) is 2. The van der Waals surface area contributed by atoms with E-state index in [-0.39, 0.29) is 30.3 Å². The monoisotopic (exact) mass is 476 g/mol. The Bertz CT molecular complexity index is 1090. The summed E-state index contributed by atoms with van der Waals surface area (Å²) in [7, 11) is -4.01. The van der Waals surface area contributed by atoms with Crippen molar-refractivity contribution in [2.45, 2.75) is 24.0 Å². The first-order valence-electron chi connectivity index (χ1n) is 10.3. The van der Waals surface area contributed by atoms with Crippen molar-refractivity contribution in [3.8, 4) is 0 Å². The van der Waals surface area contributed by atoms with E-state index >= 15 is 0 Å². The molecule has 1 aliphatic heterocycles. The van der Waals surface area contributed by atoms with Gasteiger partial charge in [0.25, 0.3) is 5.69 Å². The number of rotatable bonds is 9. The van der Waals surface area contributed by atoms with Crippen LogP contribution in [-0.2, 0) is 30.8 Å². The number of ether oxygens (including phenoxy) is 1. The van der Waals surface area contributed by atoms with Crippen LogP contribution in [0.25, 0.3) is 0 Å². The molecule has 3 rings (SSSR count). The van der Waals surface area contributed by atoms with Crippen LogP contribution in [0.3, 0.4) is 0 Å². The first-order valence-corrected chi connectivity index (χ1v) is 11.7. The molecule has 2 amide bonds. The summed E-state index contributed by atoms with van der Waals surface area (Å²) in [5, 5.41) is 15.7. The van der Waals surface area contributed by atoms with Gasteiger partial charge in [-0.25, -0.2) is 8.42 Å². The minimum absolute atomic E-state index is 0.0472. The van der Waals surface area contributed by atoms with Gasteiger partial charge < -0.3 is 15.4 Å². The third kappa shape index (κ3) is 6.34. The van der Waals surface area contributed by atoms with Crippen LogP contribution in [0.2, 0.25) is 0 Å². The summed E-state index contributed by atoms with van der Waals surface area (Å²) >= 11 is 0. The Labute approximate surface area is 190 Å². The highest BCUT2D eigenvalue weighted by Crippen LogP contribution is 2.24. The van der Waals surface area contributed by atoms with E-state index in [1.165, 1.54) is 0 Å². The maximum Gasteiger partial charge on any atom is 0.309 e. The van der Waals surface area contributed by atoms with Crippen molar-refractivity contribution in [2.75, 3.05) is 26.2 Å². The smallest absolute Gasteiger partial charge is 0.309 e. The largest absolute Gasteiger partial charge is 0.359 e. The van der Waals surface area contributed by atoms with Gasteiger partial charge in [-0.1, -0.05) is 30.3 Å². The van der Waals surface area contributed by atoms with Crippen molar-refractivity contribution in [1.82, 2.24) is 14.9 Å². The number of carbonyl (C=O) groups excluding carboxylic acids is 2. The fraction of sp³-hybridized carbons (Fsp3) is 0.333. The lowest BCUT2D eigenvalue weighted by Crippen LogP contribution is -2.47. The standard InChI is InChI=1S/C21H24N4O7S/c26-20(22-12-4-7-16-5-2-1-3-6-16)21(27)23-15-19-24(13-14-32-19)33(30,31)18-10-8-17(9-11-18)25(28)29/h1-3,5-6,8-11,19H,4,7,12-15H2,(H,22,26)(H,23,27)/t19-/m1/s1. The minimum Gasteiger partial charge on any atom is -0.359 e. The lowest BCUT2D eigenvalue weighted by molar-refractivity contribution is -0.384. The molecule has 1 atom stereocenters. The summed E-state index contributed by atoms with van der Waals surface area (Å²) in [5.74, 6) is -1.70. The van der Waals surface area contributed by atoms with Gasteiger partial charge in [0.05, 0.1) is 23.0 Å². The summed E-state index contributed by atoms with van der Waals surface area (Å²) in [6.45, 7) is 0.258. The van der Waals surface area contributed by atoms with Crippen molar-refractivity contribution in [2.24, 2.45) is 0 Å². The number of benzene rings is 2. The van der Waals surface area contributed by atoms with E-state index in [9.17, 15) is 28.1 Å². The molecule has 2 aromatic carbocycles. The summed E-state index contributed by atoms with van der Waals surface area (Å²) in [5.41, 5.74) is 0.897. The number of non-ortho nitro benzene ring substituents is 1. The number of amides is 2. The molecule has 11 nitrogen and oxygen atoms in total. The van der Waals surface area contributed by atoms with Crippen LogP contribution in [0.5, 0.6) is 0 Å². The van der Waals surface area contributed by atoms with Gasteiger partial charge in [-0.2, -0.15) is 4.31 Å². The molecule has 0 aliphatic carbocycles. The number of nitro groups is 1. The molecule has 1 aliphatic rings. The minimum atomic E-state index is -4.01. The molecule has 176 valence electrons. The number of aryl methyl sites for hydroxylation is 1. The maximum atomic E-state index is 12.9. The van der Waals surface area contributed by atoms with Crippen LogP contribution >= 0.6 is 0 Å². The number of hydrogen-bond donors (Lipinski definition) is 2. The molecular formula is C21H24N4O7S. The maximum absolute atomic E-state index is 12.9. The SMILES string of the molecule is O=C(NCCCc1ccccc1)C(=O)NC[C@H]1OCCN1S(=O)(=O)c1ccc([N+](=O)[O-])cc1. The Hall–Kier alpha value is -3.35. The topological polar surface area (TPSA) is 148 Å². The number of nitro benzene ring substituents is 1. The highest BCUT2D eigenvalue weighted by atomic mass is 32.2. The third-order valence-corrected chi connectivity index (χ3v) is 6.91. The van der Waals surface area contributed by atoms with Gasteiger partial charge in [0.15, 0.2) is 0 Å². The molecule has 1 saturated heterocycles. The zero-order chi connectivity index (χ0) is 23.8. The van der Waals surface area contributed by atoms with Crippen LogP contribution in [0.15, 0.2) is 59.5 Å². The number of carbonyl (C=O) groups is 2. The lowest BCUT2D eigenvalue weighted by atomic mass is 10.1. The fourth-order valence-corrected chi connectivity index (χ4v) is 4.81. The van der Waals surface area contributed by atoms with E-state index in [2.05, 4.69) is 10.6 Å². The Balaban J connectivity index is 1.48. The molecule has 0 saturated carbocycles. The van der Waals surface area contributed by atoms with E-state index < -0.39 is 33.0 Å². The van der Waals surface area contributed by atoms with Gasteiger partial charge in [-0.05, 0) is 30.5 Å². The van der Waals surface area contributed by atoms with Gasteiger partial charge in [0.1, 0.15) is 6.23 Å². The Kier molecular flexibility index (Phi) is 8.09. The average molecular weight is 477 g/mol. The van der Waals surface area contributed by atoms with Crippen molar-refractivity contribution >= 4 is 27.5 Å². The van der Waals surface area contributed by atoms with Crippen molar-refractivity contribution in [1.29, 1.82) is 0 Å². The highest BCUT2D eigenvalue weighted by Gasteiger charge is 2.36. The van der Waals surface area contributed by atoms with E-state index in [0.29, 0.717) is 13.0 Å². The van der Waals surface area contributed by atoms with Gasteiger partial charge in [0.2, 0.25) is 10.0 Å². The van der Waals surface area contributed by atoms with Crippen LogP contribution in [0, 0.1) is 10.1 Å². The first-order chi connectivity index (χ1) is 15.8. The van der Waals surface area contributed by atoms with E-state index in [4.69, 9.17) is 4.74 Å². The zero-order valence-corrected chi connectivity index (χ0v) is 18.5. The van der Waals surface area contributed by atoms with Gasteiger partial charge in [-0.3, -0.25) is 19.7 Å². The van der Waals surface area contributed by atoms with Crippen molar-refractivity contribution in [3.63, 3.8) is 0 Å². The third-order valence-electron chi connectivity index (χ3n) is 5.01. The molecule has 33 heavy (non-hydrogen) atoms. The van der Waals surface area contributed by atoms with Crippen LogP contribution < -0.4 is 10.6 Å². The van der Waals surface area contributed by atoms with Crippen LogP contribution in [0.1, 0.15) is 12.0 Å². The normalized spacial score (nSPS) is 16.3. The van der Waals surface area contributed by atoms with Crippen molar-refractivity contribution < 1.29 is 27.7 Å². The molecule has 0 unspecified atom stereocenters. The second-order valence-electron chi connectivity index (χ2n) is 7.25. The Morgan fingerprint density at radius 1 is 1.06 bits per heavy atom. The van der Waals surface area contributed by atoms with Gasteiger partial charge >= 0.3 is 11.8 Å². The van der Waals surface area contributed by atoms with E-state index in [0.717, 1.165) is 40.6 Å². The Morgan fingerprint density at radius 2 is 1.73 bits per heavy atom. The molecule has 0 bridgehead atoms. The van der Waals surface area contributed by atoms with Crippen LogP contribution in [-0.4, -0.2) is 61.9 Å². The lowest BCUT2D eigenvalue weighted by Gasteiger charge is -2.22. The fourth-order valence-electron chi connectivity index (χ4n) is 3.30. The van der Waals surface area contributed by atoms with Gasteiger partial charge in [-0.15, -0.1) is 0 Å². The molecule has 2 aromatic rings. The summed E-state index contributed by atoms with van der Waals surface area (Å²) in [4.78, 5) is 34.1. The number of sulfonamides is 1. The predicted octanol–water partition coefficient (Wildman–Crippen LogP) is 0.807.